The Kier molecular flexibility index (Phi) is 5.28. The molecule has 1 N–H and O–H groups in total. The summed E-state index contributed by atoms with van der Waals surface area (Å²) < 4.78 is 22.7. The Hall–Kier alpha value is -0.940. The fraction of sp³-hybridized carbons (Fsp3) is 0.615. The van der Waals surface area contributed by atoms with Gasteiger partial charge in [-0.3, -0.25) is 4.98 Å². The van der Waals surface area contributed by atoms with Gasteiger partial charge in [-0.25, -0.2) is 8.42 Å². The lowest BCUT2D eigenvalue weighted by Crippen LogP contribution is -2.10. The van der Waals surface area contributed by atoms with Crippen molar-refractivity contribution in [3.63, 3.8) is 0 Å². The molecule has 1 heterocycles. The third-order valence-corrected chi connectivity index (χ3v) is 4.65. The van der Waals surface area contributed by atoms with Gasteiger partial charge < -0.3 is 5.11 Å². The molecule has 1 aromatic rings. The van der Waals surface area contributed by atoms with E-state index < -0.39 is 15.9 Å². The van der Waals surface area contributed by atoms with Gasteiger partial charge in [0.2, 0.25) is 0 Å². The highest BCUT2D eigenvalue weighted by Crippen LogP contribution is 2.20. The SMILES string of the molecule is CCS(=O)(=O)CCCC(O)c1cc(C)nc(C)c1. The average molecular weight is 271 g/mol. The summed E-state index contributed by atoms with van der Waals surface area (Å²) in [5, 5.41) is 10.0. The minimum Gasteiger partial charge on any atom is -0.388 e. The molecule has 102 valence electrons. The highest BCUT2D eigenvalue weighted by atomic mass is 32.2. The number of rotatable bonds is 6. The van der Waals surface area contributed by atoms with Crippen LogP contribution in [0.2, 0.25) is 0 Å². The zero-order chi connectivity index (χ0) is 13.8. The van der Waals surface area contributed by atoms with Gasteiger partial charge >= 0.3 is 0 Å². The van der Waals surface area contributed by atoms with Gasteiger partial charge in [0.25, 0.3) is 0 Å². The molecular formula is C13H21NO3S. The molecule has 5 heteroatoms. The second-order valence-electron chi connectivity index (χ2n) is 4.58. The van der Waals surface area contributed by atoms with E-state index in [4.69, 9.17) is 0 Å². The Morgan fingerprint density at radius 3 is 2.33 bits per heavy atom. The quantitative estimate of drug-likeness (QED) is 0.858. The molecule has 0 fully saturated rings. The first-order valence-electron chi connectivity index (χ1n) is 6.17. The molecule has 18 heavy (non-hydrogen) atoms. The average Bonchev–Trinajstić information content (AvgIpc) is 2.27. The maximum atomic E-state index is 11.3. The summed E-state index contributed by atoms with van der Waals surface area (Å²) in [4.78, 5) is 4.24. The van der Waals surface area contributed by atoms with Crippen molar-refractivity contribution < 1.29 is 13.5 Å². The van der Waals surface area contributed by atoms with Crippen molar-refractivity contribution in [3.05, 3.63) is 29.1 Å². The maximum absolute atomic E-state index is 11.3. The van der Waals surface area contributed by atoms with E-state index in [2.05, 4.69) is 4.98 Å². The Bertz CT molecular complexity index is 477. The van der Waals surface area contributed by atoms with Crippen LogP contribution in [-0.2, 0) is 9.84 Å². The monoisotopic (exact) mass is 271 g/mol. The van der Waals surface area contributed by atoms with Crippen molar-refractivity contribution in [2.45, 2.75) is 39.7 Å². The summed E-state index contributed by atoms with van der Waals surface area (Å²) in [6.45, 7) is 5.40. The summed E-state index contributed by atoms with van der Waals surface area (Å²) in [7, 11) is -2.94. The van der Waals surface area contributed by atoms with E-state index in [1.54, 1.807) is 6.92 Å². The predicted octanol–water partition coefficient (Wildman–Crippen LogP) is 1.95. The van der Waals surface area contributed by atoms with Gasteiger partial charge in [0.05, 0.1) is 11.9 Å². The van der Waals surface area contributed by atoms with Crippen molar-refractivity contribution in [2.75, 3.05) is 11.5 Å². The summed E-state index contributed by atoms with van der Waals surface area (Å²) in [6.07, 6.45) is 0.331. The second kappa shape index (κ2) is 6.29. The lowest BCUT2D eigenvalue weighted by atomic mass is 10.0. The van der Waals surface area contributed by atoms with Crippen molar-refractivity contribution in [1.82, 2.24) is 4.98 Å². The molecule has 1 aromatic heterocycles. The number of hydrogen-bond acceptors (Lipinski definition) is 4. The maximum Gasteiger partial charge on any atom is 0.150 e. The number of aliphatic hydroxyl groups is 1. The first kappa shape index (κ1) is 15.1. The topological polar surface area (TPSA) is 67.3 Å². The molecule has 0 saturated carbocycles. The zero-order valence-corrected chi connectivity index (χ0v) is 12.0. The molecule has 1 atom stereocenters. The fourth-order valence-electron chi connectivity index (χ4n) is 1.87. The molecule has 4 nitrogen and oxygen atoms in total. The lowest BCUT2D eigenvalue weighted by molar-refractivity contribution is 0.166. The standard InChI is InChI=1S/C13H21NO3S/c1-4-18(16,17)7-5-6-13(15)12-8-10(2)14-11(3)9-12/h8-9,13,15H,4-7H2,1-3H3. The van der Waals surface area contributed by atoms with Crippen LogP contribution < -0.4 is 0 Å². The Morgan fingerprint density at radius 2 is 1.83 bits per heavy atom. The number of aromatic nitrogens is 1. The fourth-order valence-corrected chi connectivity index (χ4v) is 2.76. The van der Waals surface area contributed by atoms with Gasteiger partial charge in [-0.1, -0.05) is 6.92 Å². The molecule has 0 aromatic carbocycles. The second-order valence-corrected chi connectivity index (χ2v) is 7.05. The van der Waals surface area contributed by atoms with E-state index in [-0.39, 0.29) is 11.5 Å². The van der Waals surface area contributed by atoms with Gasteiger partial charge in [0, 0.05) is 17.1 Å². The number of hydrogen-bond donors (Lipinski definition) is 1. The largest absolute Gasteiger partial charge is 0.388 e. The molecule has 0 amide bonds. The Morgan fingerprint density at radius 1 is 1.28 bits per heavy atom. The minimum atomic E-state index is -2.94. The zero-order valence-electron chi connectivity index (χ0n) is 11.2. The van der Waals surface area contributed by atoms with Crippen molar-refractivity contribution in [1.29, 1.82) is 0 Å². The summed E-state index contributed by atoms with van der Waals surface area (Å²) in [6, 6.07) is 3.68. The van der Waals surface area contributed by atoms with E-state index in [0.717, 1.165) is 17.0 Å². The van der Waals surface area contributed by atoms with Crippen LogP contribution in [0.4, 0.5) is 0 Å². The van der Waals surface area contributed by atoms with E-state index in [0.29, 0.717) is 12.8 Å². The summed E-state index contributed by atoms with van der Waals surface area (Å²) >= 11 is 0. The van der Waals surface area contributed by atoms with Crippen molar-refractivity contribution >= 4 is 9.84 Å². The van der Waals surface area contributed by atoms with Crippen LogP contribution >= 0.6 is 0 Å². The summed E-state index contributed by atoms with van der Waals surface area (Å²) in [5.74, 6) is 0.306. The van der Waals surface area contributed by atoms with Gasteiger partial charge in [0.1, 0.15) is 9.84 Å². The highest BCUT2D eigenvalue weighted by Gasteiger charge is 2.12. The molecular weight excluding hydrogens is 250 g/mol. The lowest BCUT2D eigenvalue weighted by Gasteiger charge is -2.12. The van der Waals surface area contributed by atoms with Crippen LogP contribution in [0.1, 0.15) is 42.8 Å². The van der Waals surface area contributed by atoms with Crippen LogP contribution in [0, 0.1) is 13.8 Å². The van der Waals surface area contributed by atoms with E-state index in [9.17, 15) is 13.5 Å². The molecule has 1 rings (SSSR count). The third-order valence-electron chi connectivity index (χ3n) is 2.86. The van der Waals surface area contributed by atoms with Crippen LogP contribution in [0.3, 0.4) is 0 Å². The number of sulfone groups is 1. The summed E-state index contributed by atoms with van der Waals surface area (Å²) in [5.41, 5.74) is 2.55. The minimum absolute atomic E-state index is 0.142. The molecule has 0 aliphatic carbocycles. The van der Waals surface area contributed by atoms with Gasteiger partial charge in [-0.05, 0) is 44.4 Å². The molecule has 0 bridgehead atoms. The van der Waals surface area contributed by atoms with Crippen LogP contribution in [0.5, 0.6) is 0 Å². The number of pyridine rings is 1. The molecule has 0 spiro atoms. The normalized spacial score (nSPS) is 13.6. The molecule has 0 aliphatic rings. The first-order valence-corrected chi connectivity index (χ1v) is 8.00. The van der Waals surface area contributed by atoms with Crippen LogP contribution in [-0.4, -0.2) is 30.0 Å². The van der Waals surface area contributed by atoms with E-state index in [1.807, 2.05) is 26.0 Å². The van der Waals surface area contributed by atoms with Gasteiger partial charge in [-0.15, -0.1) is 0 Å². The number of aryl methyl sites for hydroxylation is 2. The van der Waals surface area contributed by atoms with E-state index >= 15 is 0 Å². The number of nitrogens with zero attached hydrogens (tertiary/aromatic N) is 1. The van der Waals surface area contributed by atoms with E-state index in [1.165, 1.54) is 0 Å². The van der Waals surface area contributed by atoms with Gasteiger partial charge in [0.15, 0.2) is 0 Å². The molecule has 0 saturated heterocycles. The molecule has 0 aliphatic heterocycles. The smallest absolute Gasteiger partial charge is 0.150 e. The third kappa shape index (κ3) is 4.74. The van der Waals surface area contributed by atoms with Crippen molar-refractivity contribution in [3.8, 4) is 0 Å². The van der Waals surface area contributed by atoms with Crippen LogP contribution in [0.25, 0.3) is 0 Å². The van der Waals surface area contributed by atoms with Crippen molar-refractivity contribution in [2.24, 2.45) is 0 Å². The van der Waals surface area contributed by atoms with Crippen LogP contribution in [0.15, 0.2) is 12.1 Å². The molecule has 1 unspecified atom stereocenters. The predicted molar refractivity (Wildman–Crippen MR) is 72.2 cm³/mol. The highest BCUT2D eigenvalue weighted by molar-refractivity contribution is 7.91. The number of aliphatic hydroxyl groups excluding tert-OH is 1. The Balaban J connectivity index is 2.58. The van der Waals surface area contributed by atoms with Gasteiger partial charge in [-0.2, -0.15) is 0 Å². The first-order chi connectivity index (χ1) is 8.34. The Labute approximate surface area is 109 Å². The molecule has 0 radical (unpaired) electrons.